The number of nitrogens with zero attached hydrogens (tertiary/aromatic N) is 2. The van der Waals surface area contributed by atoms with E-state index in [0.29, 0.717) is 13.1 Å². The van der Waals surface area contributed by atoms with Crippen LogP contribution in [0, 0.1) is 0 Å². The molecule has 2 N–H and O–H groups in total. The van der Waals surface area contributed by atoms with E-state index in [-0.39, 0.29) is 24.5 Å². The van der Waals surface area contributed by atoms with Gasteiger partial charge in [0.15, 0.2) is 0 Å². The lowest BCUT2D eigenvalue weighted by Gasteiger charge is -2.37. The maximum atomic E-state index is 11.7. The molecule has 124 valence electrons. The SMILES string of the molecule is CCc1ccc(C2CNCCN2CCN2C(=O)CNC2=O)cc1. The normalized spacial score (nSPS) is 22.5. The van der Waals surface area contributed by atoms with E-state index in [1.165, 1.54) is 16.0 Å². The molecule has 0 radical (unpaired) electrons. The Balaban J connectivity index is 1.66. The van der Waals surface area contributed by atoms with Crippen LogP contribution in [0.2, 0.25) is 0 Å². The molecule has 1 atom stereocenters. The van der Waals surface area contributed by atoms with Crippen LogP contribution >= 0.6 is 0 Å². The number of aryl methyl sites for hydroxylation is 1. The fraction of sp³-hybridized carbons (Fsp3) is 0.529. The first kappa shape index (κ1) is 16.0. The standard InChI is InChI=1S/C17H24N4O2/c1-2-13-3-5-14(6-4-13)15-11-18-7-8-20(15)9-10-21-16(22)12-19-17(21)23/h3-6,15,18H,2,7-12H2,1H3,(H,19,23). The van der Waals surface area contributed by atoms with Gasteiger partial charge in [-0.15, -0.1) is 0 Å². The molecule has 1 aromatic carbocycles. The lowest BCUT2D eigenvalue weighted by atomic mass is 10.0. The molecular formula is C17H24N4O2. The fourth-order valence-electron chi connectivity index (χ4n) is 3.23. The largest absolute Gasteiger partial charge is 0.329 e. The van der Waals surface area contributed by atoms with Crippen molar-refractivity contribution in [3.63, 3.8) is 0 Å². The monoisotopic (exact) mass is 316 g/mol. The minimum atomic E-state index is -0.269. The summed E-state index contributed by atoms with van der Waals surface area (Å²) in [4.78, 5) is 27.0. The average molecular weight is 316 g/mol. The van der Waals surface area contributed by atoms with Crippen molar-refractivity contribution >= 4 is 11.9 Å². The summed E-state index contributed by atoms with van der Waals surface area (Å²) in [6.45, 7) is 6.19. The number of carbonyl (C=O) groups excluding carboxylic acids is 2. The lowest BCUT2D eigenvalue weighted by Crippen LogP contribution is -2.49. The zero-order valence-corrected chi connectivity index (χ0v) is 13.5. The predicted molar refractivity (Wildman–Crippen MR) is 88.1 cm³/mol. The molecule has 0 saturated carbocycles. The highest BCUT2D eigenvalue weighted by atomic mass is 16.2. The summed E-state index contributed by atoms with van der Waals surface area (Å²) >= 11 is 0. The van der Waals surface area contributed by atoms with Gasteiger partial charge >= 0.3 is 6.03 Å². The first-order chi connectivity index (χ1) is 11.2. The van der Waals surface area contributed by atoms with Gasteiger partial charge in [0.1, 0.15) is 0 Å². The van der Waals surface area contributed by atoms with E-state index in [0.717, 1.165) is 26.1 Å². The van der Waals surface area contributed by atoms with Crippen molar-refractivity contribution in [3.8, 4) is 0 Å². The highest BCUT2D eigenvalue weighted by molar-refractivity contribution is 6.01. The van der Waals surface area contributed by atoms with Gasteiger partial charge in [0, 0.05) is 38.8 Å². The van der Waals surface area contributed by atoms with Crippen LogP contribution in [0.4, 0.5) is 4.79 Å². The van der Waals surface area contributed by atoms with E-state index in [9.17, 15) is 9.59 Å². The Morgan fingerprint density at radius 1 is 1.17 bits per heavy atom. The molecule has 6 heteroatoms. The number of urea groups is 1. The lowest BCUT2D eigenvalue weighted by molar-refractivity contribution is -0.125. The molecule has 0 spiro atoms. The summed E-state index contributed by atoms with van der Waals surface area (Å²) in [5.74, 6) is -0.131. The molecule has 0 bridgehead atoms. The molecule has 3 amide bonds. The molecule has 0 aromatic heterocycles. The van der Waals surface area contributed by atoms with E-state index in [2.05, 4.69) is 46.7 Å². The minimum Gasteiger partial charge on any atom is -0.329 e. The van der Waals surface area contributed by atoms with E-state index in [1.807, 2.05) is 0 Å². The van der Waals surface area contributed by atoms with Crippen molar-refractivity contribution in [2.45, 2.75) is 19.4 Å². The second kappa shape index (κ2) is 7.10. The Kier molecular flexibility index (Phi) is 4.93. The van der Waals surface area contributed by atoms with Gasteiger partial charge < -0.3 is 10.6 Å². The van der Waals surface area contributed by atoms with E-state index < -0.39 is 0 Å². The predicted octanol–water partition coefficient (Wildman–Crippen LogP) is 0.747. The molecule has 2 fully saturated rings. The van der Waals surface area contributed by atoms with Gasteiger partial charge in [-0.1, -0.05) is 31.2 Å². The molecular weight excluding hydrogens is 292 g/mol. The van der Waals surface area contributed by atoms with Crippen molar-refractivity contribution < 1.29 is 9.59 Å². The smallest absolute Gasteiger partial charge is 0.324 e. The van der Waals surface area contributed by atoms with Crippen LogP contribution in [0.1, 0.15) is 24.1 Å². The van der Waals surface area contributed by atoms with Crippen LogP contribution < -0.4 is 10.6 Å². The van der Waals surface area contributed by atoms with Crippen molar-refractivity contribution in [3.05, 3.63) is 35.4 Å². The fourth-order valence-corrected chi connectivity index (χ4v) is 3.23. The second-order valence-electron chi connectivity index (χ2n) is 6.06. The molecule has 23 heavy (non-hydrogen) atoms. The molecule has 2 saturated heterocycles. The molecule has 6 nitrogen and oxygen atoms in total. The first-order valence-electron chi connectivity index (χ1n) is 8.31. The number of imide groups is 1. The zero-order valence-electron chi connectivity index (χ0n) is 13.5. The van der Waals surface area contributed by atoms with E-state index in [1.54, 1.807) is 0 Å². The van der Waals surface area contributed by atoms with Crippen LogP contribution in [0.15, 0.2) is 24.3 Å². The number of rotatable bonds is 5. The number of carbonyl (C=O) groups is 2. The highest BCUT2D eigenvalue weighted by Crippen LogP contribution is 2.22. The van der Waals surface area contributed by atoms with Crippen LogP contribution in [0.25, 0.3) is 0 Å². The minimum absolute atomic E-state index is 0.127. The van der Waals surface area contributed by atoms with Gasteiger partial charge in [-0.3, -0.25) is 14.6 Å². The molecule has 2 aliphatic heterocycles. The maximum absolute atomic E-state index is 11.7. The number of amides is 3. The van der Waals surface area contributed by atoms with Crippen molar-refractivity contribution in [2.75, 3.05) is 39.3 Å². The van der Waals surface area contributed by atoms with Gasteiger partial charge in [-0.05, 0) is 17.5 Å². The van der Waals surface area contributed by atoms with Crippen LogP contribution in [0.3, 0.4) is 0 Å². The summed E-state index contributed by atoms with van der Waals surface area (Å²) in [6.07, 6.45) is 1.04. The van der Waals surface area contributed by atoms with Crippen LogP contribution in [-0.2, 0) is 11.2 Å². The summed E-state index contributed by atoms with van der Waals surface area (Å²) in [5.41, 5.74) is 2.62. The first-order valence-corrected chi connectivity index (χ1v) is 8.31. The Morgan fingerprint density at radius 2 is 1.96 bits per heavy atom. The van der Waals surface area contributed by atoms with Crippen LogP contribution in [0.5, 0.6) is 0 Å². The van der Waals surface area contributed by atoms with E-state index in [4.69, 9.17) is 0 Å². The summed E-state index contributed by atoms with van der Waals surface area (Å²) < 4.78 is 0. The third-order valence-electron chi connectivity index (χ3n) is 4.67. The Morgan fingerprint density at radius 3 is 2.61 bits per heavy atom. The molecule has 1 aromatic rings. The molecule has 2 aliphatic rings. The third-order valence-corrected chi connectivity index (χ3v) is 4.67. The number of piperazine rings is 1. The van der Waals surface area contributed by atoms with Gasteiger partial charge in [0.05, 0.1) is 6.54 Å². The highest BCUT2D eigenvalue weighted by Gasteiger charge is 2.30. The van der Waals surface area contributed by atoms with Gasteiger partial charge in [-0.25, -0.2) is 4.79 Å². The van der Waals surface area contributed by atoms with E-state index >= 15 is 0 Å². The summed E-state index contributed by atoms with van der Waals surface area (Å²) in [5, 5.41) is 6.01. The van der Waals surface area contributed by atoms with Crippen molar-refractivity contribution in [2.24, 2.45) is 0 Å². The Bertz CT molecular complexity index is 556. The second-order valence-corrected chi connectivity index (χ2v) is 6.06. The quantitative estimate of drug-likeness (QED) is 0.787. The molecule has 1 unspecified atom stereocenters. The molecule has 3 rings (SSSR count). The number of hydrogen-bond donors (Lipinski definition) is 2. The van der Waals surface area contributed by atoms with Gasteiger partial charge in [0.2, 0.25) is 5.91 Å². The molecule has 0 aliphatic carbocycles. The van der Waals surface area contributed by atoms with Crippen molar-refractivity contribution in [1.29, 1.82) is 0 Å². The van der Waals surface area contributed by atoms with Crippen molar-refractivity contribution in [1.82, 2.24) is 20.4 Å². The van der Waals surface area contributed by atoms with Gasteiger partial charge in [-0.2, -0.15) is 0 Å². The number of hydrogen-bond acceptors (Lipinski definition) is 4. The number of nitrogens with one attached hydrogen (secondary N) is 2. The Hall–Kier alpha value is -1.92. The Labute approximate surface area is 136 Å². The topological polar surface area (TPSA) is 64.7 Å². The van der Waals surface area contributed by atoms with Crippen LogP contribution in [-0.4, -0.2) is 61.0 Å². The van der Waals surface area contributed by atoms with Gasteiger partial charge in [0.25, 0.3) is 0 Å². The summed E-state index contributed by atoms with van der Waals surface area (Å²) in [7, 11) is 0. The molecule has 2 heterocycles. The summed E-state index contributed by atoms with van der Waals surface area (Å²) in [6, 6.07) is 8.76. The third kappa shape index (κ3) is 3.54. The number of benzene rings is 1. The maximum Gasteiger partial charge on any atom is 0.324 e. The average Bonchev–Trinajstić information content (AvgIpc) is 2.92. The zero-order chi connectivity index (χ0) is 16.2.